The van der Waals surface area contributed by atoms with Gasteiger partial charge in [0.2, 0.25) is 5.78 Å². The molecular formula is C39H49NO18. The summed E-state index contributed by atoms with van der Waals surface area (Å²) in [7, 11) is 1.31. The van der Waals surface area contributed by atoms with Gasteiger partial charge in [-0.05, 0) is 46.2 Å². The third-order valence-corrected chi connectivity index (χ3v) is 11.2. The first kappa shape index (κ1) is 43.5. The van der Waals surface area contributed by atoms with Gasteiger partial charge in [0, 0.05) is 48.6 Å². The Balaban J connectivity index is 1.19. The summed E-state index contributed by atoms with van der Waals surface area (Å²) in [6.45, 7) is 4.83. The Morgan fingerprint density at radius 1 is 0.983 bits per heavy atom. The van der Waals surface area contributed by atoms with Gasteiger partial charge in [0.25, 0.3) is 0 Å². The predicted molar refractivity (Wildman–Crippen MR) is 194 cm³/mol. The number of ether oxygens (including phenoxy) is 6. The smallest absolute Gasteiger partial charge is 0.335 e. The molecule has 2 aliphatic carbocycles. The molecule has 2 fully saturated rings. The number of ketones is 3. The van der Waals surface area contributed by atoms with Crippen molar-refractivity contribution in [2.75, 3.05) is 20.3 Å². The zero-order valence-electron chi connectivity index (χ0n) is 32.2. The molecule has 0 aromatic heterocycles. The minimum Gasteiger partial charge on any atom is -0.507 e. The zero-order valence-corrected chi connectivity index (χ0v) is 32.2. The van der Waals surface area contributed by atoms with Gasteiger partial charge in [-0.1, -0.05) is 12.1 Å². The summed E-state index contributed by atoms with van der Waals surface area (Å²) in [5.41, 5.74) is -3.52. The van der Waals surface area contributed by atoms with Crippen molar-refractivity contribution in [2.45, 2.75) is 126 Å². The van der Waals surface area contributed by atoms with Crippen molar-refractivity contribution >= 4 is 23.3 Å². The van der Waals surface area contributed by atoms with Crippen molar-refractivity contribution in [3.8, 4) is 17.2 Å². The van der Waals surface area contributed by atoms with Gasteiger partial charge in [-0.25, -0.2) is 4.79 Å². The number of phenolic OH excluding ortho intramolecular Hbond substituents is 2. The van der Waals surface area contributed by atoms with Crippen LogP contribution in [0.15, 0.2) is 18.2 Å². The van der Waals surface area contributed by atoms with E-state index in [2.05, 4.69) is 5.32 Å². The molecule has 9 N–H and O–H groups in total. The number of carboxylic acid groups (broad SMARTS) is 1. The Morgan fingerprint density at radius 3 is 2.34 bits per heavy atom. The molecule has 1 unspecified atom stereocenters. The molecule has 0 bridgehead atoms. The average Bonchev–Trinajstić information content (AvgIpc) is 3.18. The van der Waals surface area contributed by atoms with Gasteiger partial charge in [-0.2, -0.15) is 0 Å². The van der Waals surface area contributed by atoms with Crippen LogP contribution in [0.1, 0.15) is 95.5 Å². The number of aromatic hydroxyl groups is 2. The molecule has 19 heteroatoms. The summed E-state index contributed by atoms with van der Waals surface area (Å²) >= 11 is 0. The van der Waals surface area contributed by atoms with Crippen LogP contribution in [0.3, 0.4) is 0 Å². The lowest BCUT2D eigenvalue weighted by Crippen LogP contribution is -2.60. The number of carboxylic acids is 1. The highest BCUT2D eigenvalue weighted by atomic mass is 16.8. The van der Waals surface area contributed by atoms with Crippen molar-refractivity contribution in [3.63, 3.8) is 0 Å². The van der Waals surface area contributed by atoms with E-state index in [0.717, 1.165) is 6.92 Å². The Morgan fingerprint density at radius 2 is 1.69 bits per heavy atom. The number of hydrogen-bond donors (Lipinski definition) is 9. The van der Waals surface area contributed by atoms with Crippen molar-refractivity contribution < 1.29 is 88.5 Å². The van der Waals surface area contributed by atoms with Crippen LogP contribution >= 0.6 is 0 Å². The molecule has 0 amide bonds. The van der Waals surface area contributed by atoms with E-state index < -0.39 is 132 Å². The molecule has 4 aliphatic rings. The second kappa shape index (κ2) is 17.2. The SMILES string of the molecule is CCOC(CCCN[C@H]1C[C@H](O[C@H]2C[C@](O)(C(C)=O)Cc3c(O)c4c(c(O)c32)C(=O)c2c(OC)cccc2C4=O)O[C@@H](C)[C@H]1O)O[C@@H]1O[C@H](C(=O)O)[C@@H](O)[C@H](O)[C@H]1O. The lowest BCUT2D eigenvalue weighted by molar-refractivity contribution is -0.331. The van der Waals surface area contributed by atoms with Crippen LogP contribution in [0, 0.1) is 0 Å². The Kier molecular flexibility index (Phi) is 12.9. The number of phenols is 2. The highest BCUT2D eigenvalue weighted by Crippen LogP contribution is 2.52. The number of hydrogen-bond acceptors (Lipinski definition) is 18. The molecular weight excluding hydrogens is 770 g/mol. The predicted octanol–water partition coefficient (Wildman–Crippen LogP) is -0.289. The summed E-state index contributed by atoms with van der Waals surface area (Å²) in [4.78, 5) is 52.0. The molecule has 58 heavy (non-hydrogen) atoms. The van der Waals surface area contributed by atoms with Gasteiger partial charge >= 0.3 is 5.97 Å². The van der Waals surface area contributed by atoms with E-state index in [1.54, 1.807) is 13.8 Å². The largest absolute Gasteiger partial charge is 0.507 e. The van der Waals surface area contributed by atoms with E-state index in [-0.39, 0.29) is 54.0 Å². The fraction of sp³-hybridized carbons (Fsp3) is 0.590. The van der Waals surface area contributed by atoms with Crippen LogP contribution in [0.25, 0.3) is 0 Å². The monoisotopic (exact) mass is 819 g/mol. The van der Waals surface area contributed by atoms with Gasteiger partial charge in [-0.15, -0.1) is 0 Å². The number of aliphatic hydroxyl groups is 5. The van der Waals surface area contributed by atoms with Gasteiger partial charge in [0.05, 0.1) is 42.1 Å². The number of benzene rings is 2. The first-order valence-electron chi connectivity index (χ1n) is 19.0. The normalized spacial score (nSPS) is 32.5. The molecule has 2 aliphatic heterocycles. The van der Waals surface area contributed by atoms with Crippen molar-refractivity contribution in [1.29, 1.82) is 0 Å². The molecule has 318 valence electrons. The van der Waals surface area contributed by atoms with Gasteiger partial charge in [0.1, 0.15) is 41.2 Å². The molecule has 2 aromatic rings. The number of nitrogens with one attached hydrogen (secondary N) is 1. The second-order valence-corrected chi connectivity index (χ2v) is 14.9. The molecule has 2 heterocycles. The summed E-state index contributed by atoms with van der Waals surface area (Å²) in [6.07, 6.45) is -14.8. The van der Waals surface area contributed by atoms with Crippen molar-refractivity contribution in [3.05, 3.63) is 51.6 Å². The first-order chi connectivity index (χ1) is 27.4. The molecule has 12 atom stereocenters. The van der Waals surface area contributed by atoms with Crippen molar-refractivity contribution in [2.24, 2.45) is 0 Å². The highest BCUT2D eigenvalue weighted by molar-refractivity contribution is 6.31. The van der Waals surface area contributed by atoms with Gasteiger partial charge in [-0.3, -0.25) is 14.4 Å². The van der Waals surface area contributed by atoms with Crippen LogP contribution in [0.2, 0.25) is 0 Å². The number of Topliss-reactive ketones (excluding diaryl/α,β-unsaturated/α-hetero) is 1. The maximum Gasteiger partial charge on any atom is 0.335 e. The highest BCUT2D eigenvalue weighted by Gasteiger charge is 2.50. The van der Waals surface area contributed by atoms with Gasteiger partial charge < -0.3 is 74.6 Å². The van der Waals surface area contributed by atoms with Gasteiger partial charge in [0.15, 0.2) is 36.5 Å². The van der Waals surface area contributed by atoms with Crippen LogP contribution < -0.4 is 10.1 Å². The first-order valence-corrected chi connectivity index (χ1v) is 19.0. The Labute approximate surface area is 332 Å². The van der Waals surface area contributed by atoms with Crippen LogP contribution in [0.5, 0.6) is 17.2 Å². The number of methoxy groups -OCH3 is 1. The molecule has 0 saturated carbocycles. The van der Waals surface area contributed by atoms with Crippen LogP contribution in [-0.2, 0) is 39.7 Å². The van der Waals surface area contributed by atoms with E-state index in [1.807, 2.05) is 0 Å². The Bertz CT molecular complexity index is 1920. The average molecular weight is 820 g/mol. The molecule has 19 nitrogen and oxygen atoms in total. The maximum absolute atomic E-state index is 13.9. The lowest BCUT2D eigenvalue weighted by Gasteiger charge is -2.43. The lowest BCUT2D eigenvalue weighted by atomic mass is 9.72. The van der Waals surface area contributed by atoms with E-state index in [9.17, 15) is 60.0 Å². The third kappa shape index (κ3) is 7.96. The van der Waals surface area contributed by atoms with Crippen molar-refractivity contribution in [1.82, 2.24) is 5.32 Å². The van der Waals surface area contributed by atoms with E-state index in [0.29, 0.717) is 6.42 Å². The number of carbonyl (C=O) groups excluding carboxylic acids is 3. The van der Waals surface area contributed by atoms with E-state index in [1.165, 1.54) is 25.3 Å². The molecule has 0 spiro atoms. The number of rotatable bonds is 14. The molecule has 2 aromatic carbocycles. The summed E-state index contributed by atoms with van der Waals surface area (Å²) in [5, 5.41) is 89.0. The fourth-order valence-electron chi connectivity index (χ4n) is 8.07. The zero-order chi connectivity index (χ0) is 42.4. The maximum atomic E-state index is 13.9. The van der Waals surface area contributed by atoms with Crippen LogP contribution in [-0.4, -0.2) is 152 Å². The summed E-state index contributed by atoms with van der Waals surface area (Å²) in [5.74, 6) is -5.10. The molecule has 0 radical (unpaired) electrons. The topological polar surface area (TPSA) is 298 Å². The van der Waals surface area contributed by atoms with Crippen LogP contribution in [0.4, 0.5) is 0 Å². The summed E-state index contributed by atoms with van der Waals surface area (Å²) < 4.78 is 34.1. The Hall–Kier alpha value is -4.12. The standard InChI is InChI=1S/C39H49NO18/c1-5-54-22(57-38-35(49)33(47)34(48)36(58-38)37(50)51)10-7-11-40-19-12-23(55-15(2)28(19)42)56-21-14-39(52,16(3)41)13-18-25(21)32(46)27-26(30(18)44)29(43)17-8-6-9-20(53-4)24(17)31(27)45/h6,8-9,15,19,21-23,28,33-36,38,40,42,44,46-49,52H,5,7,10-14H2,1-4H3,(H,50,51)/t15-,19-,21-,22?,23-,28+,33-,34-,35+,36-,38+,39-/m0/s1. The quantitative estimate of drug-likeness (QED) is 0.0574. The fourth-order valence-corrected chi connectivity index (χ4v) is 8.07. The minimum absolute atomic E-state index is 0.000196. The number of aliphatic carboxylic acids is 1. The number of carbonyl (C=O) groups is 4. The van der Waals surface area contributed by atoms with E-state index in [4.69, 9.17) is 28.4 Å². The number of fused-ring (bicyclic) bond motifs is 3. The summed E-state index contributed by atoms with van der Waals surface area (Å²) in [6, 6.07) is 3.69. The second-order valence-electron chi connectivity index (χ2n) is 14.9. The number of aliphatic hydroxyl groups excluding tert-OH is 4. The van der Waals surface area contributed by atoms with E-state index >= 15 is 0 Å². The molecule has 6 rings (SSSR count). The third-order valence-electron chi connectivity index (χ3n) is 11.2. The molecule has 2 saturated heterocycles. The minimum atomic E-state index is -2.11.